The highest BCUT2D eigenvalue weighted by molar-refractivity contribution is 5.93. The average Bonchev–Trinajstić information content (AvgIpc) is 2.96. The minimum absolute atomic E-state index is 0.00963. The molecule has 4 heterocycles. The van der Waals surface area contributed by atoms with Gasteiger partial charge in [-0.05, 0) is 30.5 Å². The second-order valence-electron chi connectivity index (χ2n) is 6.52. The van der Waals surface area contributed by atoms with Crippen LogP contribution in [-0.2, 0) is 16.0 Å². The lowest BCUT2D eigenvalue weighted by Crippen LogP contribution is -2.45. The number of fused-ring (bicyclic) bond motifs is 2. The molecule has 0 aliphatic carbocycles. The van der Waals surface area contributed by atoms with Gasteiger partial charge in [0.25, 0.3) is 0 Å². The molecule has 0 unspecified atom stereocenters. The summed E-state index contributed by atoms with van der Waals surface area (Å²) in [5.74, 6) is 0.540. The molecule has 3 atom stereocenters. The van der Waals surface area contributed by atoms with Crippen molar-refractivity contribution in [2.24, 2.45) is 5.92 Å². The quantitative estimate of drug-likeness (QED) is 0.913. The van der Waals surface area contributed by atoms with Gasteiger partial charge in [0.05, 0.1) is 30.0 Å². The third-order valence-electron chi connectivity index (χ3n) is 4.81. The van der Waals surface area contributed by atoms with Gasteiger partial charge < -0.3 is 15.0 Å². The summed E-state index contributed by atoms with van der Waals surface area (Å²) in [6.07, 6.45) is 8.62. The van der Waals surface area contributed by atoms with Crippen LogP contribution in [0.15, 0.2) is 36.9 Å². The van der Waals surface area contributed by atoms with Gasteiger partial charge in [-0.15, -0.1) is 0 Å². The summed E-state index contributed by atoms with van der Waals surface area (Å²) in [5.41, 5.74) is 1.83. The van der Waals surface area contributed by atoms with Crippen molar-refractivity contribution in [3.8, 4) is 0 Å². The number of aryl methyl sites for hydroxylation is 1. The zero-order valence-electron chi connectivity index (χ0n) is 14.1. The number of hydrogen-bond acceptors (Lipinski definition) is 6. The highest BCUT2D eigenvalue weighted by Crippen LogP contribution is 2.33. The Morgan fingerprint density at radius 2 is 2.16 bits per heavy atom. The Kier molecular flexibility index (Phi) is 4.31. The van der Waals surface area contributed by atoms with Crippen molar-refractivity contribution in [1.82, 2.24) is 15.0 Å². The van der Waals surface area contributed by atoms with Gasteiger partial charge in [0.2, 0.25) is 11.9 Å². The number of amides is 1. The maximum absolute atomic E-state index is 12.6. The van der Waals surface area contributed by atoms with E-state index in [0.717, 1.165) is 24.9 Å². The molecule has 2 aliphatic heterocycles. The first-order valence-electron chi connectivity index (χ1n) is 8.65. The number of ether oxygens (including phenoxy) is 1. The van der Waals surface area contributed by atoms with Crippen LogP contribution in [0.3, 0.4) is 0 Å². The molecule has 1 N–H and O–H groups in total. The predicted molar refractivity (Wildman–Crippen MR) is 93.3 cm³/mol. The maximum Gasteiger partial charge on any atom is 0.230 e. The minimum atomic E-state index is -0.162. The lowest BCUT2D eigenvalue weighted by Gasteiger charge is -2.32. The molecule has 2 bridgehead atoms. The fourth-order valence-corrected chi connectivity index (χ4v) is 3.46. The second-order valence-corrected chi connectivity index (χ2v) is 6.52. The molecule has 2 fully saturated rings. The zero-order valence-corrected chi connectivity index (χ0v) is 14.1. The smallest absolute Gasteiger partial charge is 0.230 e. The topological polar surface area (TPSA) is 80.2 Å². The number of hydrogen-bond donors (Lipinski definition) is 1. The van der Waals surface area contributed by atoms with Crippen molar-refractivity contribution in [3.63, 3.8) is 0 Å². The van der Waals surface area contributed by atoms with Gasteiger partial charge in [0.1, 0.15) is 0 Å². The summed E-state index contributed by atoms with van der Waals surface area (Å²) in [7, 11) is 0. The van der Waals surface area contributed by atoms with Crippen molar-refractivity contribution in [2.75, 3.05) is 23.3 Å². The van der Waals surface area contributed by atoms with Crippen LogP contribution in [-0.4, -0.2) is 46.2 Å². The predicted octanol–water partition coefficient (Wildman–Crippen LogP) is 1.67. The number of anilines is 2. The van der Waals surface area contributed by atoms with Crippen molar-refractivity contribution in [2.45, 2.75) is 32.0 Å². The van der Waals surface area contributed by atoms with Crippen LogP contribution < -0.4 is 10.2 Å². The van der Waals surface area contributed by atoms with E-state index in [1.807, 2.05) is 18.5 Å². The average molecular weight is 339 g/mol. The van der Waals surface area contributed by atoms with Crippen LogP contribution in [0.1, 0.15) is 18.9 Å². The number of carbonyl (C=O) groups is 1. The third-order valence-corrected chi connectivity index (χ3v) is 4.81. The molecule has 2 aromatic rings. The Balaban J connectivity index is 1.44. The molecule has 0 saturated carbocycles. The fourth-order valence-electron chi connectivity index (χ4n) is 3.46. The summed E-state index contributed by atoms with van der Waals surface area (Å²) >= 11 is 0. The molecule has 25 heavy (non-hydrogen) atoms. The molecule has 2 saturated heterocycles. The van der Waals surface area contributed by atoms with Gasteiger partial charge in [-0.25, -0.2) is 9.97 Å². The van der Waals surface area contributed by atoms with E-state index >= 15 is 0 Å². The lowest BCUT2D eigenvalue weighted by molar-refractivity contribution is -0.121. The first-order chi connectivity index (χ1) is 12.2. The lowest BCUT2D eigenvalue weighted by atomic mass is 9.99. The Hall–Kier alpha value is -2.54. The van der Waals surface area contributed by atoms with Crippen LogP contribution >= 0.6 is 0 Å². The largest absolute Gasteiger partial charge is 0.370 e. The van der Waals surface area contributed by atoms with Crippen LogP contribution in [0.2, 0.25) is 0 Å². The molecule has 0 radical (unpaired) electrons. The SMILES string of the molecule is CCc1cnc(N2C[C@H]3C[C@@H](C(=O)Nc4cccnc4)[C@@H](C2)O3)nc1. The van der Waals surface area contributed by atoms with E-state index in [1.54, 1.807) is 18.5 Å². The Morgan fingerprint density at radius 1 is 1.32 bits per heavy atom. The molecule has 2 aliphatic rings. The van der Waals surface area contributed by atoms with E-state index in [4.69, 9.17) is 4.74 Å². The zero-order chi connectivity index (χ0) is 17.2. The van der Waals surface area contributed by atoms with Gasteiger partial charge in [-0.1, -0.05) is 6.92 Å². The molecular formula is C18H21N5O2. The van der Waals surface area contributed by atoms with E-state index in [2.05, 4.69) is 32.1 Å². The summed E-state index contributed by atoms with van der Waals surface area (Å²) in [5, 5.41) is 2.93. The van der Waals surface area contributed by atoms with Crippen LogP contribution in [0.25, 0.3) is 0 Å². The monoisotopic (exact) mass is 339 g/mol. The summed E-state index contributed by atoms with van der Waals surface area (Å²) in [6.45, 7) is 3.44. The first kappa shape index (κ1) is 16.0. The number of carbonyl (C=O) groups excluding carboxylic acids is 1. The van der Waals surface area contributed by atoms with Crippen molar-refractivity contribution in [1.29, 1.82) is 0 Å². The first-order valence-corrected chi connectivity index (χ1v) is 8.65. The molecule has 0 spiro atoms. The van der Waals surface area contributed by atoms with E-state index in [9.17, 15) is 4.79 Å². The number of pyridine rings is 1. The van der Waals surface area contributed by atoms with E-state index < -0.39 is 0 Å². The maximum atomic E-state index is 12.6. The fraction of sp³-hybridized carbons (Fsp3) is 0.444. The van der Waals surface area contributed by atoms with Gasteiger partial charge in [0.15, 0.2) is 0 Å². The molecule has 0 aromatic carbocycles. The van der Waals surface area contributed by atoms with Gasteiger partial charge >= 0.3 is 0 Å². The summed E-state index contributed by atoms with van der Waals surface area (Å²) in [6, 6.07) is 3.64. The summed E-state index contributed by atoms with van der Waals surface area (Å²) in [4.78, 5) is 27.7. The highest BCUT2D eigenvalue weighted by Gasteiger charge is 2.45. The van der Waals surface area contributed by atoms with E-state index in [0.29, 0.717) is 18.2 Å². The van der Waals surface area contributed by atoms with Gasteiger partial charge in [-0.2, -0.15) is 0 Å². The molecule has 7 heteroatoms. The van der Waals surface area contributed by atoms with E-state index in [1.165, 1.54) is 0 Å². The third kappa shape index (κ3) is 3.32. The molecule has 1 amide bonds. The standard InChI is InChI=1S/C18H21N5O2/c1-2-12-7-20-18(21-8-12)23-10-14-6-15(16(11-23)25-14)17(24)22-13-4-3-5-19-9-13/h3-5,7-9,14-16H,2,6,10-11H2,1H3,(H,22,24)/t14-,15-,16-/m1/s1. The van der Waals surface area contributed by atoms with Crippen LogP contribution in [0.5, 0.6) is 0 Å². The molecular weight excluding hydrogens is 318 g/mol. The second kappa shape index (κ2) is 6.76. The Morgan fingerprint density at radius 3 is 2.88 bits per heavy atom. The van der Waals surface area contributed by atoms with Crippen LogP contribution in [0.4, 0.5) is 11.6 Å². The molecule has 2 aromatic heterocycles. The number of aromatic nitrogens is 3. The minimum Gasteiger partial charge on any atom is -0.370 e. The van der Waals surface area contributed by atoms with Crippen molar-refractivity contribution in [3.05, 3.63) is 42.5 Å². The number of morpholine rings is 1. The van der Waals surface area contributed by atoms with Crippen LogP contribution in [0, 0.1) is 5.92 Å². The van der Waals surface area contributed by atoms with Gasteiger partial charge in [0, 0.05) is 31.7 Å². The van der Waals surface area contributed by atoms with E-state index in [-0.39, 0.29) is 24.0 Å². The number of nitrogens with one attached hydrogen (secondary N) is 1. The van der Waals surface area contributed by atoms with Crippen molar-refractivity contribution >= 4 is 17.5 Å². The summed E-state index contributed by atoms with van der Waals surface area (Å²) < 4.78 is 5.99. The van der Waals surface area contributed by atoms with Gasteiger partial charge in [-0.3, -0.25) is 9.78 Å². The Bertz CT molecular complexity index is 737. The highest BCUT2D eigenvalue weighted by atomic mass is 16.5. The number of nitrogens with zero attached hydrogens (tertiary/aromatic N) is 4. The molecule has 7 nitrogen and oxygen atoms in total. The Labute approximate surface area is 146 Å². The number of rotatable bonds is 4. The van der Waals surface area contributed by atoms with Crippen molar-refractivity contribution < 1.29 is 9.53 Å². The molecule has 4 rings (SSSR count). The molecule has 130 valence electrons. The normalized spacial score (nSPS) is 25.0.